The first-order valence-electron chi connectivity index (χ1n) is 9.40. The number of fused-ring (bicyclic) bond motifs is 1. The quantitative estimate of drug-likeness (QED) is 0.630. The van der Waals surface area contributed by atoms with Crippen LogP contribution in [0.4, 0.5) is 5.69 Å². The summed E-state index contributed by atoms with van der Waals surface area (Å²) in [5.74, 6) is 0.533. The number of nitrogens with zero attached hydrogens (tertiary/aromatic N) is 2. The lowest BCUT2D eigenvalue weighted by atomic mass is 10.3. The van der Waals surface area contributed by atoms with E-state index < -0.39 is 0 Å². The van der Waals surface area contributed by atoms with E-state index in [9.17, 15) is 9.59 Å². The highest BCUT2D eigenvalue weighted by atomic mass is 16.5. The molecule has 1 aliphatic rings. The molecule has 0 bridgehead atoms. The molecule has 0 radical (unpaired) electrons. The SMILES string of the molecule is O=C(COc1cccc(NC(=O)C2CC2)c1)NCCc1cn2ccccc2n1. The molecule has 28 heavy (non-hydrogen) atoms. The second kappa shape index (κ2) is 8.12. The maximum Gasteiger partial charge on any atom is 0.257 e. The smallest absolute Gasteiger partial charge is 0.257 e. The molecule has 0 unspecified atom stereocenters. The predicted octanol–water partition coefficient (Wildman–Crippen LogP) is 2.42. The molecule has 1 aromatic carbocycles. The number of benzene rings is 1. The van der Waals surface area contributed by atoms with Crippen molar-refractivity contribution in [2.45, 2.75) is 19.3 Å². The number of carbonyl (C=O) groups excluding carboxylic acids is 2. The molecule has 1 saturated carbocycles. The summed E-state index contributed by atoms with van der Waals surface area (Å²) in [6.45, 7) is 0.411. The first-order valence-corrected chi connectivity index (χ1v) is 9.40. The fourth-order valence-corrected chi connectivity index (χ4v) is 2.89. The maximum absolute atomic E-state index is 12.0. The molecule has 2 heterocycles. The van der Waals surface area contributed by atoms with Crippen LogP contribution < -0.4 is 15.4 Å². The molecule has 1 aliphatic carbocycles. The van der Waals surface area contributed by atoms with E-state index in [0.717, 1.165) is 24.2 Å². The molecule has 7 nitrogen and oxygen atoms in total. The van der Waals surface area contributed by atoms with Crippen LogP contribution in [0.1, 0.15) is 18.5 Å². The monoisotopic (exact) mass is 378 g/mol. The molecule has 0 atom stereocenters. The average Bonchev–Trinajstić information content (AvgIpc) is 3.47. The minimum atomic E-state index is -0.198. The summed E-state index contributed by atoms with van der Waals surface area (Å²) in [6, 6.07) is 12.9. The van der Waals surface area contributed by atoms with Crippen LogP contribution in [-0.4, -0.2) is 34.4 Å². The van der Waals surface area contributed by atoms with E-state index in [-0.39, 0.29) is 24.3 Å². The van der Waals surface area contributed by atoms with Gasteiger partial charge in [0.2, 0.25) is 5.91 Å². The van der Waals surface area contributed by atoms with Crippen molar-refractivity contribution in [2.24, 2.45) is 5.92 Å². The fraction of sp³-hybridized carbons (Fsp3) is 0.286. The van der Waals surface area contributed by atoms with Crippen molar-refractivity contribution in [3.05, 3.63) is 60.6 Å². The number of hydrogen-bond acceptors (Lipinski definition) is 4. The number of aromatic nitrogens is 2. The Bertz CT molecular complexity index is 961. The van der Waals surface area contributed by atoms with Gasteiger partial charge in [-0.2, -0.15) is 0 Å². The van der Waals surface area contributed by atoms with Gasteiger partial charge in [0, 0.05) is 43.0 Å². The van der Waals surface area contributed by atoms with Crippen molar-refractivity contribution >= 4 is 23.1 Å². The molecule has 3 aromatic rings. The van der Waals surface area contributed by atoms with Crippen LogP contribution in [0.5, 0.6) is 5.75 Å². The van der Waals surface area contributed by atoms with Gasteiger partial charge in [-0.3, -0.25) is 9.59 Å². The van der Waals surface area contributed by atoms with Crippen LogP contribution in [0.2, 0.25) is 0 Å². The molecule has 4 rings (SSSR count). The molecule has 2 amide bonds. The van der Waals surface area contributed by atoms with Crippen LogP contribution in [-0.2, 0) is 16.0 Å². The largest absolute Gasteiger partial charge is 0.484 e. The van der Waals surface area contributed by atoms with Crippen LogP contribution >= 0.6 is 0 Å². The molecule has 2 N–H and O–H groups in total. The second-order valence-electron chi connectivity index (χ2n) is 6.88. The van der Waals surface area contributed by atoms with Crippen molar-refractivity contribution < 1.29 is 14.3 Å². The highest BCUT2D eigenvalue weighted by Crippen LogP contribution is 2.30. The normalized spacial score (nSPS) is 13.3. The molecule has 144 valence electrons. The minimum absolute atomic E-state index is 0.0434. The Morgan fingerprint density at radius 2 is 2.07 bits per heavy atom. The number of imidazole rings is 1. The predicted molar refractivity (Wildman–Crippen MR) is 105 cm³/mol. The molecule has 1 fully saturated rings. The van der Waals surface area contributed by atoms with Gasteiger partial charge in [0.05, 0.1) is 5.69 Å². The number of amides is 2. The highest BCUT2D eigenvalue weighted by molar-refractivity contribution is 5.94. The molecule has 0 aliphatic heterocycles. The molecule has 7 heteroatoms. The van der Waals surface area contributed by atoms with Crippen LogP contribution in [0.15, 0.2) is 54.9 Å². The lowest BCUT2D eigenvalue weighted by Gasteiger charge is -2.09. The van der Waals surface area contributed by atoms with Gasteiger partial charge >= 0.3 is 0 Å². The third-order valence-corrected chi connectivity index (χ3v) is 4.54. The highest BCUT2D eigenvalue weighted by Gasteiger charge is 2.29. The van der Waals surface area contributed by atoms with Crippen molar-refractivity contribution in [3.8, 4) is 5.75 Å². The third kappa shape index (κ3) is 4.68. The third-order valence-electron chi connectivity index (χ3n) is 4.54. The Morgan fingerprint density at radius 1 is 1.18 bits per heavy atom. The van der Waals surface area contributed by atoms with Gasteiger partial charge in [-0.1, -0.05) is 12.1 Å². The molecular formula is C21H22N4O3. The second-order valence-corrected chi connectivity index (χ2v) is 6.88. The lowest BCUT2D eigenvalue weighted by molar-refractivity contribution is -0.123. The van der Waals surface area contributed by atoms with Gasteiger partial charge in [0.25, 0.3) is 5.91 Å². The number of ether oxygens (including phenoxy) is 1. The van der Waals surface area contributed by atoms with Crippen molar-refractivity contribution in [1.29, 1.82) is 0 Å². The van der Waals surface area contributed by atoms with Crippen LogP contribution in [0.25, 0.3) is 5.65 Å². The topological polar surface area (TPSA) is 84.7 Å². The Morgan fingerprint density at radius 3 is 2.89 bits per heavy atom. The zero-order chi connectivity index (χ0) is 19.3. The number of nitrogens with one attached hydrogen (secondary N) is 2. The average molecular weight is 378 g/mol. The summed E-state index contributed by atoms with van der Waals surface area (Å²) in [6.07, 6.45) is 6.46. The zero-order valence-corrected chi connectivity index (χ0v) is 15.4. The van der Waals surface area contributed by atoms with Gasteiger partial charge < -0.3 is 19.8 Å². The van der Waals surface area contributed by atoms with E-state index in [1.807, 2.05) is 41.1 Å². The van der Waals surface area contributed by atoms with Gasteiger partial charge in [0.1, 0.15) is 11.4 Å². The summed E-state index contributed by atoms with van der Waals surface area (Å²) >= 11 is 0. The van der Waals surface area contributed by atoms with Crippen molar-refractivity contribution in [2.75, 3.05) is 18.5 Å². The molecule has 0 spiro atoms. The van der Waals surface area contributed by atoms with Crippen molar-refractivity contribution in [3.63, 3.8) is 0 Å². The number of pyridine rings is 1. The van der Waals surface area contributed by atoms with E-state index in [1.54, 1.807) is 18.2 Å². The van der Waals surface area contributed by atoms with E-state index in [0.29, 0.717) is 24.4 Å². The number of hydrogen-bond donors (Lipinski definition) is 2. The first-order chi connectivity index (χ1) is 13.7. The van der Waals surface area contributed by atoms with Crippen molar-refractivity contribution in [1.82, 2.24) is 14.7 Å². The lowest BCUT2D eigenvalue weighted by Crippen LogP contribution is -2.30. The van der Waals surface area contributed by atoms with Gasteiger partial charge in [-0.05, 0) is 37.1 Å². The summed E-state index contributed by atoms with van der Waals surface area (Å²) in [5.41, 5.74) is 2.49. The Labute approximate surface area is 162 Å². The van der Waals surface area contributed by atoms with E-state index in [2.05, 4.69) is 15.6 Å². The Kier molecular flexibility index (Phi) is 5.23. The zero-order valence-electron chi connectivity index (χ0n) is 15.4. The molecule has 2 aromatic heterocycles. The first kappa shape index (κ1) is 18.0. The summed E-state index contributed by atoms with van der Waals surface area (Å²) in [5, 5.41) is 5.70. The summed E-state index contributed by atoms with van der Waals surface area (Å²) in [7, 11) is 0. The van der Waals surface area contributed by atoms with E-state index in [1.165, 1.54) is 0 Å². The van der Waals surface area contributed by atoms with Gasteiger partial charge in [-0.15, -0.1) is 0 Å². The number of anilines is 1. The fourth-order valence-electron chi connectivity index (χ4n) is 2.89. The van der Waals surface area contributed by atoms with E-state index in [4.69, 9.17) is 4.74 Å². The number of carbonyl (C=O) groups is 2. The molecule has 0 saturated heterocycles. The van der Waals surface area contributed by atoms with Gasteiger partial charge in [0.15, 0.2) is 6.61 Å². The molecular weight excluding hydrogens is 356 g/mol. The number of rotatable bonds is 8. The Balaban J connectivity index is 1.21. The summed E-state index contributed by atoms with van der Waals surface area (Å²) < 4.78 is 7.49. The van der Waals surface area contributed by atoms with Crippen LogP contribution in [0.3, 0.4) is 0 Å². The maximum atomic E-state index is 12.0. The summed E-state index contributed by atoms with van der Waals surface area (Å²) in [4.78, 5) is 28.3. The Hall–Kier alpha value is -3.35. The minimum Gasteiger partial charge on any atom is -0.484 e. The van der Waals surface area contributed by atoms with Crippen LogP contribution in [0, 0.1) is 5.92 Å². The standard InChI is InChI=1S/C21H22N4O3/c26-20(22-10-9-17-13-25-11-2-1-6-19(25)23-17)14-28-18-5-3-4-16(12-18)24-21(27)15-7-8-15/h1-6,11-13,15H,7-10,14H2,(H,22,26)(H,24,27). The van der Waals surface area contributed by atoms with Gasteiger partial charge in [-0.25, -0.2) is 4.98 Å². The van der Waals surface area contributed by atoms with E-state index >= 15 is 0 Å².